The number of benzene rings is 1. The molecule has 0 spiro atoms. The molecule has 5 heteroatoms. The molecule has 0 saturated carbocycles. The molecule has 0 bridgehead atoms. The van der Waals surface area contributed by atoms with Crippen molar-refractivity contribution in [2.24, 2.45) is 12.1 Å². The van der Waals surface area contributed by atoms with Gasteiger partial charge in [0.25, 0.3) is 0 Å². The lowest BCUT2D eigenvalue weighted by Crippen LogP contribution is -2.19. The summed E-state index contributed by atoms with van der Waals surface area (Å²) in [6, 6.07) is 12.1. The lowest BCUT2D eigenvalue weighted by Gasteiger charge is -1.98. The normalized spacial score (nSPS) is 11.4. The van der Waals surface area contributed by atoms with E-state index in [0.717, 1.165) is 27.0 Å². The topological polar surface area (TPSA) is 46.4 Å². The Morgan fingerprint density at radius 2 is 2.14 bits per heavy atom. The summed E-state index contributed by atoms with van der Waals surface area (Å²) < 4.78 is 2.13. The van der Waals surface area contributed by atoms with Gasteiger partial charge in [0.05, 0.1) is 12.6 Å². The van der Waals surface area contributed by atoms with E-state index in [2.05, 4.69) is 34.2 Å². The third-order valence-electron chi connectivity index (χ3n) is 3.75. The molecule has 2 aromatic heterocycles. The standard InChI is InChI=1S/C17H17N3OS/c1-12-15(14-7-3-4-8-16(14)20(12)2)11-18-19-17(21)10-13-6-5-9-22-13/h3-9,11H,10H2,1-2H3,(H,19,21)/b18-11-. The van der Waals surface area contributed by atoms with Crippen molar-refractivity contribution in [1.82, 2.24) is 9.99 Å². The number of rotatable bonds is 4. The van der Waals surface area contributed by atoms with Gasteiger partial charge in [-0.3, -0.25) is 4.79 Å². The second-order valence-electron chi connectivity index (χ2n) is 5.12. The highest BCUT2D eigenvalue weighted by Crippen LogP contribution is 2.22. The number of nitrogens with zero attached hydrogens (tertiary/aromatic N) is 2. The molecule has 3 aromatic rings. The van der Waals surface area contributed by atoms with Gasteiger partial charge in [-0.2, -0.15) is 5.10 Å². The predicted molar refractivity (Wildman–Crippen MR) is 91.4 cm³/mol. The molecule has 0 fully saturated rings. The Morgan fingerprint density at radius 3 is 2.91 bits per heavy atom. The summed E-state index contributed by atoms with van der Waals surface area (Å²) in [4.78, 5) is 12.9. The van der Waals surface area contributed by atoms with Gasteiger partial charge in [0.1, 0.15) is 0 Å². The van der Waals surface area contributed by atoms with Gasteiger partial charge in [-0.05, 0) is 24.4 Å². The number of thiophene rings is 1. The van der Waals surface area contributed by atoms with Crippen molar-refractivity contribution in [2.75, 3.05) is 0 Å². The quantitative estimate of drug-likeness (QED) is 0.583. The number of fused-ring (bicyclic) bond motifs is 1. The molecular weight excluding hydrogens is 294 g/mol. The van der Waals surface area contributed by atoms with Crippen LogP contribution in [0.25, 0.3) is 10.9 Å². The summed E-state index contributed by atoms with van der Waals surface area (Å²) in [5.74, 6) is -0.100. The summed E-state index contributed by atoms with van der Waals surface area (Å²) in [6.45, 7) is 2.05. The third kappa shape index (κ3) is 2.80. The van der Waals surface area contributed by atoms with Crippen LogP contribution in [0.2, 0.25) is 0 Å². The van der Waals surface area contributed by atoms with Gasteiger partial charge in [0, 0.05) is 34.1 Å². The van der Waals surface area contributed by atoms with E-state index in [1.54, 1.807) is 17.6 Å². The van der Waals surface area contributed by atoms with Crippen LogP contribution < -0.4 is 5.43 Å². The maximum atomic E-state index is 11.8. The zero-order chi connectivity index (χ0) is 15.5. The zero-order valence-corrected chi connectivity index (χ0v) is 13.4. The molecule has 0 saturated heterocycles. The highest BCUT2D eigenvalue weighted by Gasteiger charge is 2.09. The number of para-hydroxylation sites is 1. The van der Waals surface area contributed by atoms with E-state index in [1.807, 2.05) is 36.7 Å². The van der Waals surface area contributed by atoms with Gasteiger partial charge in [-0.25, -0.2) is 5.43 Å². The number of carbonyl (C=O) groups is 1. The van der Waals surface area contributed by atoms with Gasteiger partial charge in [-0.15, -0.1) is 11.3 Å². The second-order valence-corrected chi connectivity index (χ2v) is 6.16. The summed E-state index contributed by atoms with van der Waals surface area (Å²) in [5, 5.41) is 7.21. The van der Waals surface area contributed by atoms with Crippen LogP contribution >= 0.6 is 11.3 Å². The molecule has 112 valence electrons. The number of hydrogen-bond acceptors (Lipinski definition) is 3. The molecule has 0 aliphatic rings. The first kappa shape index (κ1) is 14.5. The summed E-state index contributed by atoms with van der Waals surface area (Å²) >= 11 is 1.57. The molecule has 1 amide bonds. The van der Waals surface area contributed by atoms with E-state index in [4.69, 9.17) is 0 Å². The highest BCUT2D eigenvalue weighted by molar-refractivity contribution is 7.10. The first-order valence-electron chi connectivity index (χ1n) is 7.05. The van der Waals surface area contributed by atoms with Gasteiger partial charge < -0.3 is 4.57 Å². The number of carbonyl (C=O) groups excluding carboxylic acids is 1. The minimum Gasteiger partial charge on any atom is -0.347 e. The van der Waals surface area contributed by atoms with Crippen LogP contribution in [0.3, 0.4) is 0 Å². The van der Waals surface area contributed by atoms with E-state index in [9.17, 15) is 4.79 Å². The molecule has 22 heavy (non-hydrogen) atoms. The smallest absolute Gasteiger partial charge is 0.245 e. The van der Waals surface area contributed by atoms with Crippen LogP contribution in [-0.4, -0.2) is 16.7 Å². The van der Waals surface area contributed by atoms with Gasteiger partial charge in [0.2, 0.25) is 5.91 Å². The fourth-order valence-corrected chi connectivity index (χ4v) is 3.20. The maximum Gasteiger partial charge on any atom is 0.245 e. The average molecular weight is 311 g/mol. The van der Waals surface area contributed by atoms with Crippen molar-refractivity contribution in [2.45, 2.75) is 13.3 Å². The summed E-state index contributed by atoms with van der Waals surface area (Å²) in [6.07, 6.45) is 2.09. The number of amides is 1. The molecule has 0 atom stereocenters. The molecule has 0 radical (unpaired) electrons. The number of nitrogens with one attached hydrogen (secondary N) is 1. The van der Waals surface area contributed by atoms with E-state index in [-0.39, 0.29) is 5.91 Å². The number of hydrazone groups is 1. The Labute approximate surface area is 133 Å². The molecule has 2 heterocycles. The van der Waals surface area contributed by atoms with Gasteiger partial charge >= 0.3 is 0 Å². The van der Waals surface area contributed by atoms with Crippen LogP contribution in [0.4, 0.5) is 0 Å². The first-order chi connectivity index (χ1) is 10.7. The van der Waals surface area contributed by atoms with Crippen molar-refractivity contribution >= 4 is 34.4 Å². The molecule has 0 unspecified atom stereocenters. The number of aryl methyl sites for hydroxylation is 1. The van der Waals surface area contributed by atoms with Crippen molar-refractivity contribution in [3.05, 3.63) is 57.9 Å². The minimum absolute atomic E-state index is 0.100. The fourth-order valence-electron chi connectivity index (χ4n) is 2.49. The molecule has 1 N–H and O–H groups in total. The van der Waals surface area contributed by atoms with Gasteiger partial charge in [-0.1, -0.05) is 24.3 Å². The fraction of sp³-hybridized carbons (Fsp3) is 0.176. The zero-order valence-electron chi connectivity index (χ0n) is 12.5. The lowest BCUT2D eigenvalue weighted by atomic mass is 10.1. The van der Waals surface area contributed by atoms with Crippen LogP contribution in [0.1, 0.15) is 16.1 Å². The number of hydrogen-bond donors (Lipinski definition) is 1. The van der Waals surface area contributed by atoms with Gasteiger partial charge in [0.15, 0.2) is 0 Å². The van der Waals surface area contributed by atoms with E-state index in [1.165, 1.54) is 0 Å². The summed E-state index contributed by atoms with van der Waals surface area (Å²) in [7, 11) is 2.03. The average Bonchev–Trinajstić information content (AvgIpc) is 3.10. The second kappa shape index (κ2) is 6.15. The maximum absolute atomic E-state index is 11.8. The summed E-state index contributed by atoms with van der Waals surface area (Å²) in [5.41, 5.74) is 5.92. The first-order valence-corrected chi connectivity index (χ1v) is 7.93. The van der Waals surface area contributed by atoms with Crippen LogP contribution in [-0.2, 0) is 18.3 Å². The lowest BCUT2D eigenvalue weighted by molar-refractivity contribution is -0.120. The molecule has 1 aromatic carbocycles. The Kier molecular flexibility index (Phi) is 4.06. The molecule has 0 aliphatic carbocycles. The van der Waals surface area contributed by atoms with E-state index >= 15 is 0 Å². The number of aromatic nitrogens is 1. The van der Waals surface area contributed by atoms with E-state index in [0.29, 0.717) is 6.42 Å². The molecule has 3 rings (SSSR count). The van der Waals surface area contributed by atoms with Crippen molar-refractivity contribution in [3.63, 3.8) is 0 Å². The highest BCUT2D eigenvalue weighted by atomic mass is 32.1. The monoisotopic (exact) mass is 311 g/mol. The molecule has 0 aliphatic heterocycles. The molecule has 4 nitrogen and oxygen atoms in total. The Hall–Kier alpha value is -2.40. The SMILES string of the molecule is Cc1c(/C=N\NC(=O)Cc2cccs2)c2ccccc2n1C. The van der Waals surface area contributed by atoms with Crippen LogP contribution in [0, 0.1) is 6.92 Å². The van der Waals surface area contributed by atoms with Crippen molar-refractivity contribution in [1.29, 1.82) is 0 Å². The Bertz CT molecular complexity index is 831. The van der Waals surface area contributed by atoms with Crippen LogP contribution in [0.15, 0.2) is 46.9 Å². The predicted octanol–water partition coefficient (Wildman–Crippen LogP) is 3.24. The van der Waals surface area contributed by atoms with Crippen LogP contribution in [0.5, 0.6) is 0 Å². The van der Waals surface area contributed by atoms with E-state index < -0.39 is 0 Å². The van der Waals surface area contributed by atoms with Crippen molar-refractivity contribution in [3.8, 4) is 0 Å². The minimum atomic E-state index is -0.100. The van der Waals surface area contributed by atoms with Crippen molar-refractivity contribution < 1.29 is 4.79 Å². The third-order valence-corrected chi connectivity index (χ3v) is 4.62. The largest absolute Gasteiger partial charge is 0.347 e. The Balaban J connectivity index is 1.76. The molecular formula is C17H17N3OS. The Morgan fingerprint density at radius 1 is 1.32 bits per heavy atom.